The van der Waals surface area contributed by atoms with E-state index in [1.165, 1.54) is 0 Å². The number of hydrogen-bond acceptors (Lipinski definition) is 4. The smallest absolute Gasteiger partial charge is 0.335 e. The third kappa shape index (κ3) is 4.65. The third-order valence-corrected chi connectivity index (χ3v) is 4.60. The highest BCUT2D eigenvalue weighted by molar-refractivity contribution is 5.95. The van der Waals surface area contributed by atoms with E-state index in [-0.39, 0.29) is 11.5 Å². The van der Waals surface area contributed by atoms with Gasteiger partial charge in [-0.15, -0.1) is 0 Å². The van der Waals surface area contributed by atoms with Gasteiger partial charge in [0.15, 0.2) is 0 Å². The molecule has 2 aromatic rings. The molecule has 0 radical (unpaired) electrons. The zero-order chi connectivity index (χ0) is 19.2. The summed E-state index contributed by atoms with van der Waals surface area (Å²) in [6.07, 6.45) is 1.50. The molecular weight excluding hydrogens is 346 g/mol. The van der Waals surface area contributed by atoms with Crippen molar-refractivity contribution in [3.05, 3.63) is 64.7 Å². The fraction of sp³-hybridized carbons (Fsp3) is 0.333. The van der Waals surface area contributed by atoms with Gasteiger partial charge in [-0.1, -0.05) is 12.1 Å². The van der Waals surface area contributed by atoms with Crippen molar-refractivity contribution in [2.45, 2.75) is 19.4 Å². The minimum atomic E-state index is -0.959. The zero-order valence-corrected chi connectivity index (χ0v) is 15.3. The minimum Gasteiger partial charge on any atom is -0.493 e. The lowest BCUT2D eigenvalue weighted by atomic mass is 9.97. The van der Waals surface area contributed by atoms with E-state index in [1.54, 1.807) is 42.3 Å². The largest absolute Gasteiger partial charge is 0.493 e. The van der Waals surface area contributed by atoms with Crippen molar-refractivity contribution in [3.63, 3.8) is 0 Å². The highest BCUT2D eigenvalue weighted by Crippen LogP contribution is 2.23. The van der Waals surface area contributed by atoms with Gasteiger partial charge in [-0.2, -0.15) is 0 Å². The molecule has 142 valence electrons. The summed E-state index contributed by atoms with van der Waals surface area (Å²) in [5, 5.41) is 9.17. The predicted molar refractivity (Wildman–Crippen MR) is 100 cm³/mol. The first-order chi connectivity index (χ1) is 13.1. The molecule has 0 unspecified atom stereocenters. The molecule has 0 fully saturated rings. The van der Waals surface area contributed by atoms with E-state index in [1.807, 2.05) is 12.1 Å². The molecule has 1 aliphatic heterocycles. The number of carboxylic acid groups (broad SMARTS) is 1. The second-order valence-electron chi connectivity index (χ2n) is 6.49. The molecule has 1 aliphatic rings. The Kier molecular flexibility index (Phi) is 6.08. The second kappa shape index (κ2) is 8.68. The average Bonchev–Trinajstić information content (AvgIpc) is 2.70. The first-order valence-electron chi connectivity index (χ1n) is 8.94. The number of carboxylic acids is 1. The Morgan fingerprint density at radius 1 is 1.07 bits per heavy atom. The van der Waals surface area contributed by atoms with Gasteiger partial charge in [0.2, 0.25) is 0 Å². The van der Waals surface area contributed by atoms with Crippen LogP contribution in [0.3, 0.4) is 0 Å². The number of fused-ring (bicyclic) bond motifs is 1. The fourth-order valence-electron chi connectivity index (χ4n) is 3.16. The Balaban J connectivity index is 1.69. The molecular formula is C21H23NO5. The van der Waals surface area contributed by atoms with Crippen molar-refractivity contribution in [2.75, 3.05) is 26.9 Å². The predicted octanol–water partition coefficient (Wildman–Crippen LogP) is 3.00. The zero-order valence-electron chi connectivity index (χ0n) is 15.3. The number of carbonyl (C=O) groups is 2. The van der Waals surface area contributed by atoms with Gasteiger partial charge in [-0.05, 0) is 47.9 Å². The summed E-state index contributed by atoms with van der Waals surface area (Å²) < 4.78 is 10.7. The van der Waals surface area contributed by atoms with E-state index in [0.29, 0.717) is 44.0 Å². The van der Waals surface area contributed by atoms with Crippen molar-refractivity contribution in [1.29, 1.82) is 0 Å². The van der Waals surface area contributed by atoms with Crippen LogP contribution in [-0.4, -0.2) is 48.8 Å². The number of methoxy groups -OCH3 is 1. The maximum Gasteiger partial charge on any atom is 0.335 e. The first-order valence-corrected chi connectivity index (χ1v) is 8.94. The number of nitrogens with zero attached hydrogens (tertiary/aromatic N) is 1. The molecule has 6 nitrogen and oxygen atoms in total. The highest BCUT2D eigenvalue weighted by atomic mass is 16.5. The normalized spacial score (nSPS) is 13.1. The van der Waals surface area contributed by atoms with Crippen molar-refractivity contribution < 1.29 is 24.2 Å². The summed E-state index contributed by atoms with van der Waals surface area (Å²) in [5.41, 5.74) is 2.80. The molecule has 0 aromatic heterocycles. The quantitative estimate of drug-likeness (QED) is 0.760. The second-order valence-corrected chi connectivity index (χ2v) is 6.49. The van der Waals surface area contributed by atoms with Crippen molar-refractivity contribution in [3.8, 4) is 5.75 Å². The minimum absolute atomic E-state index is 0.0799. The molecule has 3 rings (SSSR count). The summed E-state index contributed by atoms with van der Waals surface area (Å²) in [4.78, 5) is 25.8. The van der Waals surface area contributed by atoms with Crippen LogP contribution in [0, 0.1) is 0 Å². The van der Waals surface area contributed by atoms with Gasteiger partial charge in [-0.3, -0.25) is 4.79 Å². The Morgan fingerprint density at radius 2 is 1.93 bits per heavy atom. The average molecular weight is 369 g/mol. The van der Waals surface area contributed by atoms with Crippen LogP contribution in [-0.2, 0) is 17.7 Å². The number of rotatable bonds is 7. The van der Waals surface area contributed by atoms with Crippen LogP contribution in [0.1, 0.15) is 38.3 Å². The van der Waals surface area contributed by atoms with Crippen LogP contribution in [0.4, 0.5) is 0 Å². The third-order valence-electron chi connectivity index (χ3n) is 4.60. The number of ether oxygens (including phenoxy) is 2. The van der Waals surface area contributed by atoms with E-state index in [4.69, 9.17) is 9.47 Å². The number of amides is 1. The van der Waals surface area contributed by atoms with E-state index < -0.39 is 5.97 Å². The summed E-state index contributed by atoms with van der Waals surface area (Å²) in [7, 11) is 1.65. The van der Waals surface area contributed by atoms with Gasteiger partial charge in [0.25, 0.3) is 5.91 Å². The molecule has 0 spiro atoms. The van der Waals surface area contributed by atoms with Crippen LogP contribution in [0.25, 0.3) is 0 Å². The van der Waals surface area contributed by atoms with Gasteiger partial charge < -0.3 is 19.5 Å². The lowest BCUT2D eigenvalue weighted by Gasteiger charge is -2.29. The topological polar surface area (TPSA) is 76.1 Å². The van der Waals surface area contributed by atoms with Gasteiger partial charge in [0.1, 0.15) is 5.75 Å². The SMILES string of the molecule is COCCCOc1cccc(C(=O)N2CCc3ccc(C(=O)O)cc3C2)c1. The van der Waals surface area contributed by atoms with E-state index in [0.717, 1.165) is 17.5 Å². The lowest BCUT2D eigenvalue weighted by molar-refractivity contribution is 0.0696. The van der Waals surface area contributed by atoms with E-state index >= 15 is 0 Å². The Morgan fingerprint density at radius 3 is 2.70 bits per heavy atom. The Bertz CT molecular complexity index is 833. The molecule has 0 bridgehead atoms. The molecule has 2 aromatic carbocycles. The molecule has 0 aliphatic carbocycles. The first kappa shape index (κ1) is 18.9. The Hall–Kier alpha value is -2.86. The molecule has 1 amide bonds. The molecule has 0 atom stereocenters. The number of carbonyl (C=O) groups excluding carboxylic acids is 1. The van der Waals surface area contributed by atoms with Crippen molar-refractivity contribution in [1.82, 2.24) is 4.90 Å². The van der Waals surface area contributed by atoms with Crippen LogP contribution >= 0.6 is 0 Å². The van der Waals surface area contributed by atoms with Crippen molar-refractivity contribution in [2.24, 2.45) is 0 Å². The van der Waals surface area contributed by atoms with Crippen molar-refractivity contribution >= 4 is 11.9 Å². The molecule has 6 heteroatoms. The van der Waals surface area contributed by atoms with Crippen LogP contribution < -0.4 is 4.74 Å². The van der Waals surface area contributed by atoms with E-state index in [2.05, 4.69) is 0 Å². The molecule has 1 heterocycles. The summed E-state index contributed by atoms with van der Waals surface area (Å²) >= 11 is 0. The standard InChI is InChI=1S/C21H23NO5/c1-26-10-3-11-27-19-5-2-4-16(13-19)20(23)22-9-8-15-6-7-17(21(24)25)12-18(15)14-22/h2,4-7,12-13H,3,8-11,14H2,1H3,(H,24,25). The molecule has 0 saturated carbocycles. The summed E-state index contributed by atoms with van der Waals surface area (Å²) in [6, 6.07) is 12.3. The van der Waals surface area contributed by atoms with E-state index in [9.17, 15) is 14.7 Å². The van der Waals surface area contributed by atoms with Gasteiger partial charge in [0.05, 0.1) is 12.2 Å². The lowest BCUT2D eigenvalue weighted by Crippen LogP contribution is -2.36. The number of aromatic carboxylic acids is 1. The number of hydrogen-bond donors (Lipinski definition) is 1. The number of benzene rings is 2. The Labute approximate surface area is 158 Å². The summed E-state index contributed by atoms with van der Waals surface area (Å²) in [5.74, 6) is -0.384. The summed E-state index contributed by atoms with van der Waals surface area (Å²) in [6.45, 7) is 2.18. The maximum atomic E-state index is 12.9. The molecule has 0 saturated heterocycles. The fourth-order valence-corrected chi connectivity index (χ4v) is 3.16. The van der Waals surface area contributed by atoms with Crippen LogP contribution in [0.2, 0.25) is 0 Å². The monoisotopic (exact) mass is 369 g/mol. The van der Waals surface area contributed by atoms with Gasteiger partial charge in [-0.25, -0.2) is 4.79 Å². The highest BCUT2D eigenvalue weighted by Gasteiger charge is 2.23. The van der Waals surface area contributed by atoms with Crippen LogP contribution in [0.15, 0.2) is 42.5 Å². The molecule has 1 N–H and O–H groups in total. The van der Waals surface area contributed by atoms with Crippen LogP contribution in [0.5, 0.6) is 5.75 Å². The maximum absolute atomic E-state index is 12.9. The van der Waals surface area contributed by atoms with Gasteiger partial charge >= 0.3 is 5.97 Å². The van der Waals surface area contributed by atoms with Gasteiger partial charge in [0, 0.05) is 38.8 Å². The molecule has 27 heavy (non-hydrogen) atoms.